The normalized spacial score (nSPS) is 21.1. The summed E-state index contributed by atoms with van der Waals surface area (Å²) in [5.41, 5.74) is 1.91. The summed E-state index contributed by atoms with van der Waals surface area (Å²) in [6, 6.07) is 8.15. The Bertz CT molecular complexity index is 726. The van der Waals surface area contributed by atoms with Crippen LogP contribution in [0.15, 0.2) is 24.3 Å². The molecule has 1 saturated heterocycles. The Kier molecular flexibility index (Phi) is 3.76. The fourth-order valence-electron chi connectivity index (χ4n) is 3.82. The van der Waals surface area contributed by atoms with Crippen molar-refractivity contribution in [3.05, 3.63) is 30.0 Å². The fraction of sp³-hybridized carbons (Fsp3) is 0.526. The van der Waals surface area contributed by atoms with E-state index in [1.54, 1.807) is 0 Å². The number of hydrogen-bond acceptors (Lipinski definition) is 2. The van der Waals surface area contributed by atoms with Crippen molar-refractivity contribution in [2.24, 2.45) is 0 Å². The van der Waals surface area contributed by atoms with Gasteiger partial charge in [-0.3, -0.25) is 4.79 Å². The molecule has 1 atom stereocenters. The lowest BCUT2D eigenvalue weighted by Gasteiger charge is -2.27. The molecular weight excluding hydrogens is 288 g/mol. The molecule has 4 rings (SSSR count). The van der Waals surface area contributed by atoms with Crippen LogP contribution in [0.25, 0.3) is 10.9 Å². The summed E-state index contributed by atoms with van der Waals surface area (Å²) < 4.78 is 8.26. The highest BCUT2D eigenvalue weighted by atomic mass is 16.5. The molecule has 1 aromatic heterocycles. The Labute approximate surface area is 137 Å². The Morgan fingerprint density at radius 2 is 2.00 bits per heavy atom. The van der Waals surface area contributed by atoms with Crippen LogP contribution in [0, 0.1) is 0 Å². The maximum atomic E-state index is 13.1. The molecule has 2 aliphatic rings. The second-order valence-corrected chi connectivity index (χ2v) is 6.69. The molecule has 23 heavy (non-hydrogen) atoms. The zero-order chi connectivity index (χ0) is 15.8. The zero-order valence-electron chi connectivity index (χ0n) is 13.8. The molecule has 1 aromatic carbocycles. The van der Waals surface area contributed by atoms with E-state index in [2.05, 4.69) is 17.6 Å². The lowest BCUT2D eigenvalue weighted by molar-refractivity contribution is 0.0745. The summed E-state index contributed by atoms with van der Waals surface area (Å²) in [4.78, 5) is 15.1. The first-order chi connectivity index (χ1) is 11.3. The van der Waals surface area contributed by atoms with Gasteiger partial charge in [0.25, 0.3) is 5.91 Å². The third-order valence-electron chi connectivity index (χ3n) is 5.13. The van der Waals surface area contributed by atoms with Gasteiger partial charge in [-0.05, 0) is 31.4 Å². The van der Waals surface area contributed by atoms with Crippen molar-refractivity contribution in [3.63, 3.8) is 0 Å². The van der Waals surface area contributed by atoms with E-state index in [-0.39, 0.29) is 12.0 Å². The van der Waals surface area contributed by atoms with Crippen LogP contribution in [0.3, 0.4) is 0 Å². The molecule has 4 heteroatoms. The van der Waals surface area contributed by atoms with Gasteiger partial charge in [-0.2, -0.15) is 0 Å². The molecule has 3 heterocycles. The third kappa shape index (κ3) is 2.50. The van der Waals surface area contributed by atoms with Gasteiger partial charge in [0.2, 0.25) is 0 Å². The van der Waals surface area contributed by atoms with E-state index in [0.717, 1.165) is 61.2 Å². The molecule has 0 bridgehead atoms. The van der Waals surface area contributed by atoms with Gasteiger partial charge >= 0.3 is 0 Å². The molecule has 122 valence electrons. The number of aromatic nitrogens is 1. The van der Waals surface area contributed by atoms with Crippen LogP contribution in [0.5, 0.6) is 5.75 Å². The van der Waals surface area contributed by atoms with Crippen LogP contribution >= 0.6 is 0 Å². The minimum absolute atomic E-state index is 0.149. The Hall–Kier alpha value is -1.97. The monoisotopic (exact) mass is 312 g/mol. The average Bonchev–Trinajstić information content (AvgIpc) is 2.77. The van der Waals surface area contributed by atoms with E-state index in [0.29, 0.717) is 0 Å². The fourth-order valence-corrected chi connectivity index (χ4v) is 3.82. The van der Waals surface area contributed by atoms with Gasteiger partial charge in [0.1, 0.15) is 17.5 Å². The van der Waals surface area contributed by atoms with Crippen LogP contribution in [-0.2, 0) is 6.54 Å². The summed E-state index contributed by atoms with van der Waals surface area (Å²) in [5.74, 6) is 1.10. The highest BCUT2D eigenvalue weighted by Gasteiger charge is 2.28. The first-order valence-electron chi connectivity index (χ1n) is 8.86. The number of para-hydroxylation sites is 1. The summed E-state index contributed by atoms with van der Waals surface area (Å²) in [7, 11) is 0. The molecule has 2 aliphatic heterocycles. The maximum absolute atomic E-state index is 13.1. The second kappa shape index (κ2) is 5.91. The van der Waals surface area contributed by atoms with Gasteiger partial charge in [-0.1, -0.05) is 31.9 Å². The molecule has 1 fully saturated rings. The van der Waals surface area contributed by atoms with E-state index in [4.69, 9.17) is 4.74 Å². The second-order valence-electron chi connectivity index (χ2n) is 6.69. The number of hydrogen-bond donors (Lipinski definition) is 0. The Balaban J connectivity index is 1.76. The number of ether oxygens (including phenoxy) is 1. The highest BCUT2D eigenvalue weighted by Crippen LogP contribution is 2.34. The van der Waals surface area contributed by atoms with Gasteiger partial charge in [-0.15, -0.1) is 0 Å². The van der Waals surface area contributed by atoms with E-state index in [1.165, 1.54) is 12.8 Å². The van der Waals surface area contributed by atoms with Crippen LogP contribution in [0.4, 0.5) is 0 Å². The molecule has 0 radical (unpaired) electrons. The van der Waals surface area contributed by atoms with E-state index < -0.39 is 0 Å². The summed E-state index contributed by atoms with van der Waals surface area (Å²) in [6.45, 7) is 4.68. The van der Waals surface area contributed by atoms with Crippen molar-refractivity contribution in [2.45, 2.75) is 51.7 Å². The van der Waals surface area contributed by atoms with E-state index in [9.17, 15) is 4.79 Å². The minimum Gasteiger partial charge on any atom is -0.486 e. The number of benzene rings is 1. The predicted octanol–water partition coefficient (Wildman–Crippen LogP) is 3.83. The summed E-state index contributed by atoms with van der Waals surface area (Å²) in [5, 5.41) is 1.11. The Morgan fingerprint density at radius 3 is 2.74 bits per heavy atom. The topological polar surface area (TPSA) is 34.5 Å². The van der Waals surface area contributed by atoms with Crippen LogP contribution in [0.2, 0.25) is 0 Å². The molecular formula is C19H24N2O2. The maximum Gasteiger partial charge on any atom is 0.270 e. The molecule has 1 amide bonds. The van der Waals surface area contributed by atoms with Gasteiger partial charge in [0, 0.05) is 18.5 Å². The van der Waals surface area contributed by atoms with Crippen molar-refractivity contribution in [1.82, 2.24) is 9.47 Å². The lowest BCUT2D eigenvalue weighted by atomic mass is 10.2. The van der Waals surface area contributed by atoms with Crippen LogP contribution in [-0.4, -0.2) is 34.6 Å². The number of rotatable bonds is 2. The largest absolute Gasteiger partial charge is 0.486 e. The third-order valence-corrected chi connectivity index (χ3v) is 5.13. The molecule has 4 nitrogen and oxygen atoms in total. The first-order valence-corrected chi connectivity index (χ1v) is 8.86. The van der Waals surface area contributed by atoms with Crippen molar-refractivity contribution in [1.29, 1.82) is 0 Å². The van der Waals surface area contributed by atoms with E-state index in [1.807, 2.05) is 23.1 Å². The van der Waals surface area contributed by atoms with Gasteiger partial charge in [0.05, 0.1) is 12.1 Å². The predicted molar refractivity (Wildman–Crippen MR) is 91.0 cm³/mol. The average molecular weight is 312 g/mol. The molecule has 2 aromatic rings. The number of carbonyl (C=O) groups is 1. The number of nitrogens with zero attached hydrogens (tertiary/aromatic N) is 2. The molecule has 0 saturated carbocycles. The number of amides is 1. The van der Waals surface area contributed by atoms with Crippen molar-refractivity contribution in [2.75, 3.05) is 13.1 Å². The van der Waals surface area contributed by atoms with Crippen molar-refractivity contribution in [3.8, 4) is 5.75 Å². The Morgan fingerprint density at radius 1 is 1.22 bits per heavy atom. The molecule has 0 N–H and O–H groups in total. The molecule has 0 aliphatic carbocycles. The highest BCUT2D eigenvalue weighted by molar-refractivity contribution is 6.00. The van der Waals surface area contributed by atoms with Crippen molar-refractivity contribution < 1.29 is 9.53 Å². The van der Waals surface area contributed by atoms with Gasteiger partial charge in [0.15, 0.2) is 0 Å². The molecule has 0 spiro atoms. The summed E-state index contributed by atoms with van der Waals surface area (Å²) >= 11 is 0. The van der Waals surface area contributed by atoms with Crippen molar-refractivity contribution >= 4 is 16.8 Å². The SMILES string of the molecule is CCC1Cn2c(C(=O)N3CCCCCC3)cc3cccc(c32)O1. The van der Waals surface area contributed by atoms with Gasteiger partial charge < -0.3 is 14.2 Å². The quantitative estimate of drug-likeness (QED) is 0.844. The van der Waals surface area contributed by atoms with Crippen LogP contribution in [0.1, 0.15) is 49.5 Å². The lowest BCUT2D eigenvalue weighted by Crippen LogP contribution is -2.35. The minimum atomic E-state index is 0.149. The first kappa shape index (κ1) is 14.6. The summed E-state index contributed by atoms with van der Waals surface area (Å²) in [6.07, 6.45) is 5.82. The van der Waals surface area contributed by atoms with E-state index >= 15 is 0 Å². The standard InChI is InChI=1S/C19H24N2O2/c1-2-15-13-21-16(19(22)20-10-5-3-4-6-11-20)12-14-8-7-9-17(23-15)18(14)21/h7-9,12,15H,2-6,10-11,13H2,1H3. The van der Waals surface area contributed by atoms with Crippen LogP contribution < -0.4 is 4.74 Å². The molecule has 1 unspecified atom stereocenters. The van der Waals surface area contributed by atoms with Gasteiger partial charge in [-0.25, -0.2) is 0 Å². The number of carbonyl (C=O) groups excluding carboxylic acids is 1. The number of likely N-dealkylation sites (tertiary alicyclic amines) is 1. The zero-order valence-corrected chi connectivity index (χ0v) is 13.8. The smallest absolute Gasteiger partial charge is 0.270 e.